The fraction of sp³-hybridized carbons (Fsp3) is 0.400. The van der Waals surface area contributed by atoms with Crippen molar-refractivity contribution in [3.8, 4) is 11.3 Å². The first-order chi connectivity index (χ1) is 8.39. The van der Waals surface area contributed by atoms with Crippen LogP contribution in [0.4, 0.5) is 0 Å². The van der Waals surface area contributed by atoms with Crippen molar-refractivity contribution < 1.29 is 0 Å². The molecular formula is C15H21N3. The van der Waals surface area contributed by atoms with Crippen LogP contribution in [0.15, 0.2) is 30.3 Å². The van der Waals surface area contributed by atoms with Crippen LogP contribution in [-0.2, 0) is 0 Å². The van der Waals surface area contributed by atoms with E-state index < -0.39 is 0 Å². The molecule has 3 nitrogen and oxygen atoms in total. The van der Waals surface area contributed by atoms with Crippen LogP contribution < -0.4 is 5.73 Å². The van der Waals surface area contributed by atoms with Crippen molar-refractivity contribution in [3.05, 3.63) is 41.9 Å². The third-order valence-corrected chi connectivity index (χ3v) is 3.18. The molecule has 0 fully saturated rings. The van der Waals surface area contributed by atoms with Gasteiger partial charge in [0.15, 0.2) is 0 Å². The standard InChI is InChI=1S/C15H21N3/c1-10-12(11-8-6-5-7-9-11)18-14(17-10)13(16)15(2,3)4/h5-9,13H,16H2,1-4H3,(H,17,18)/t13-/m1/s1. The number of nitrogens with one attached hydrogen (secondary N) is 1. The molecule has 0 bridgehead atoms. The van der Waals surface area contributed by atoms with Gasteiger partial charge >= 0.3 is 0 Å². The minimum Gasteiger partial charge on any atom is -0.344 e. The average Bonchev–Trinajstić information content (AvgIpc) is 2.70. The summed E-state index contributed by atoms with van der Waals surface area (Å²) >= 11 is 0. The lowest BCUT2D eigenvalue weighted by molar-refractivity contribution is 0.316. The summed E-state index contributed by atoms with van der Waals surface area (Å²) in [6.07, 6.45) is 0. The fourth-order valence-corrected chi connectivity index (χ4v) is 1.92. The van der Waals surface area contributed by atoms with Gasteiger partial charge in [-0.2, -0.15) is 0 Å². The van der Waals surface area contributed by atoms with E-state index in [0.29, 0.717) is 0 Å². The molecule has 0 spiro atoms. The summed E-state index contributed by atoms with van der Waals surface area (Å²) in [4.78, 5) is 7.98. The van der Waals surface area contributed by atoms with Crippen LogP contribution in [0.25, 0.3) is 11.3 Å². The van der Waals surface area contributed by atoms with Crippen LogP contribution in [0.5, 0.6) is 0 Å². The van der Waals surface area contributed by atoms with Crippen molar-refractivity contribution >= 4 is 0 Å². The Morgan fingerprint density at radius 2 is 1.78 bits per heavy atom. The van der Waals surface area contributed by atoms with Crippen LogP contribution in [0.3, 0.4) is 0 Å². The molecule has 3 N–H and O–H groups in total. The van der Waals surface area contributed by atoms with E-state index in [-0.39, 0.29) is 11.5 Å². The number of nitrogens with zero attached hydrogens (tertiary/aromatic N) is 1. The predicted molar refractivity (Wildman–Crippen MR) is 75.1 cm³/mol. The number of aromatic amines is 1. The number of rotatable bonds is 2. The minimum absolute atomic E-state index is 0.00173. The zero-order valence-electron chi connectivity index (χ0n) is 11.5. The highest BCUT2D eigenvalue weighted by molar-refractivity contribution is 5.61. The van der Waals surface area contributed by atoms with Crippen molar-refractivity contribution in [1.29, 1.82) is 0 Å². The second kappa shape index (κ2) is 4.58. The van der Waals surface area contributed by atoms with Gasteiger partial charge in [0.2, 0.25) is 0 Å². The van der Waals surface area contributed by atoms with Gasteiger partial charge in [0.05, 0.1) is 11.7 Å². The van der Waals surface area contributed by atoms with E-state index in [1.807, 2.05) is 25.1 Å². The summed E-state index contributed by atoms with van der Waals surface area (Å²) in [5, 5.41) is 0. The smallest absolute Gasteiger partial charge is 0.124 e. The summed E-state index contributed by atoms with van der Waals surface area (Å²) in [6.45, 7) is 8.40. The summed E-state index contributed by atoms with van der Waals surface area (Å²) in [6, 6.07) is 10.1. The molecule has 0 aliphatic carbocycles. The van der Waals surface area contributed by atoms with Gasteiger partial charge in [0.25, 0.3) is 0 Å². The van der Waals surface area contributed by atoms with Crippen LogP contribution in [-0.4, -0.2) is 9.97 Å². The van der Waals surface area contributed by atoms with E-state index >= 15 is 0 Å². The van der Waals surface area contributed by atoms with Crippen LogP contribution >= 0.6 is 0 Å². The molecule has 1 aromatic heterocycles. The molecule has 3 heteroatoms. The van der Waals surface area contributed by atoms with E-state index in [4.69, 9.17) is 5.73 Å². The molecule has 18 heavy (non-hydrogen) atoms. The molecule has 0 saturated carbocycles. The lowest BCUT2D eigenvalue weighted by atomic mass is 9.87. The Kier molecular flexibility index (Phi) is 3.26. The minimum atomic E-state index is -0.0892. The topological polar surface area (TPSA) is 54.7 Å². The van der Waals surface area contributed by atoms with E-state index in [1.54, 1.807) is 0 Å². The highest BCUT2D eigenvalue weighted by Crippen LogP contribution is 2.31. The second-order valence-corrected chi connectivity index (χ2v) is 5.81. The molecule has 96 valence electrons. The maximum Gasteiger partial charge on any atom is 0.124 e. The number of aryl methyl sites for hydroxylation is 1. The van der Waals surface area contributed by atoms with Gasteiger partial charge in [0.1, 0.15) is 5.82 Å². The molecular weight excluding hydrogens is 222 g/mol. The van der Waals surface area contributed by atoms with Crippen molar-refractivity contribution in [2.75, 3.05) is 0 Å². The fourth-order valence-electron chi connectivity index (χ4n) is 1.92. The van der Waals surface area contributed by atoms with Gasteiger partial charge < -0.3 is 10.7 Å². The molecule has 2 rings (SSSR count). The number of H-pyrrole nitrogens is 1. The normalized spacial score (nSPS) is 13.6. The highest BCUT2D eigenvalue weighted by atomic mass is 15.0. The van der Waals surface area contributed by atoms with E-state index in [2.05, 4.69) is 42.9 Å². The summed E-state index contributed by atoms with van der Waals surface area (Å²) in [5.74, 6) is 0.860. The maximum atomic E-state index is 6.24. The first kappa shape index (κ1) is 12.8. The van der Waals surface area contributed by atoms with Crippen molar-refractivity contribution in [2.24, 2.45) is 11.1 Å². The molecule has 0 aliphatic rings. The number of nitrogens with two attached hydrogens (primary N) is 1. The van der Waals surface area contributed by atoms with Crippen LogP contribution in [0, 0.1) is 12.3 Å². The quantitative estimate of drug-likeness (QED) is 0.849. The summed E-state index contributed by atoms with van der Waals surface area (Å²) in [7, 11) is 0. The second-order valence-electron chi connectivity index (χ2n) is 5.81. The first-order valence-electron chi connectivity index (χ1n) is 6.27. The molecule has 0 aliphatic heterocycles. The van der Waals surface area contributed by atoms with Gasteiger partial charge in [-0.05, 0) is 12.3 Å². The number of benzene rings is 1. The van der Waals surface area contributed by atoms with E-state index in [1.165, 1.54) is 0 Å². The van der Waals surface area contributed by atoms with Gasteiger partial charge in [0, 0.05) is 11.3 Å². The Bertz CT molecular complexity index is 520. The van der Waals surface area contributed by atoms with Crippen molar-refractivity contribution in [3.63, 3.8) is 0 Å². The SMILES string of the molecule is Cc1[nH]c([C@@H](N)C(C)(C)C)nc1-c1ccccc1. The van der Waals surface area contributed by atoms with Gasteiger partial charge in [-0.15, -0.1) is 0 Å². The van der Waals surface area contributed by atoms with Gasteiger partial charge in [-0.1, -0.05) is 51.1 Å². The number of imidazole rings is 1. The predicted octanol–water partition coefficient (Wildman–Crippen LogP) is 3.43. The lowest BCUT2D eigenvalue weighted by Gasteiger charge is -2.24. The molecule has 0 radical (unpaired) electrons. The Hall–Kier alpha value is -1.61. The Morgan fingerprint density at radius 1 is 1.17 bits per heavy atom. The summed E-state index contributed by atoms with van der Waals surface area (Å²) < 4.78 is 0. The lowest BCUT2D eigenvalue weighted by Crippen LogP contribution is -2.27. The largest absolute Gasteiger partial charge is 0.344 e. The average molecular weight is 243 g/mol. The zero-order valence-corrected chi connectivity index (χ0v) is 11.5. The molecule has 1 heterocycles. The molecule has 2 aromatic rings. The van der Waals surface area contributed by atoms with Crippen molar-refractivity contribution in [1.82, 2.24) is 9.97 Å². The maximum absolute atomic E-state index is 6.24. The zero-order chi connectivity index (χ0) is 13.3. The molecule has 1 aromatic carbocycles. The monoisotopic (exact) mass is 243 g/mol. The Morgan fingerprint density at radius 3 is 2.33 bits per heavy atom. The van der Waals surface area contributed by atoms with Crippen LogP contribution in [0.2, 0.25) is 0 Å². The number of aromatic nitrogens is 2. The van der Waals surface area contributed by atoms with E-state index in [9.17, 15) is 0 Å². The van der Waals surface area contributed by atoms with Gasteiger partial charge in [-0.25, -0.2) is 4.98 Å². The number of hydrogen-bond acceptors (Lipinski definition) is 2. The number of hydrogen-bond donors (Lipinski definition) is 2. The third kappa shape index (κ3) is 2.46. The molecule has 0 saturated heterocycles. The molecule has 0 unspecified atom stereocenters. The van der Waals surface area contributed by atoms with Gasteiger partial charge in [-0.3, -0.25) is 0 Å². The Balaban J connectivity index is 2.40. The molecule has 1 atom stereocenters. The van der Waals surface area contributed by atoms with E-state index in [0.717, 1.165) is 22.8 Å². The van der Waals surface area contributed by atoms with Crippen LogP contribution in [0.1, 0.15) is 38.3 Å². The third-order valence-electron chi connectivity index (χ3n) is 3.18. The Labute approximate surface area is 108 Å². The summed E-state index contributed by atoms with van der Waals surface area (Å²) in [5.41, 5.74) is 9.42. The first-order valence-corrected chi connectivity index (χ1v) is 6.27. The van der Waals surface area contributed by atoms with Crippen molar-refractivity contribution in [2.45, 2.75) is 33.7 Å². The molecule has 0 amide bonds. The highest BCUT2D eigenvalue weighted by Gasteiger charge is 2.25.